The second-order valence-electron chi connectivity index (χ2n) is 6.21. The first-order valence-electron chi connectivity index (χ1n) is 8.30. The Kier molecular flexibility index (Phi) is 4.98. The van der Waals surface area contributed by atoms with Crippen molar-refractivity contribution in [2.24, 2.45) is 5.92 Å². The number of fused-ring (bicyclic) bond motifs is 1. The molecule has 2 aliphatic carbocycles. The molecule has 0 aliphatic heterocycles. The third-order valence-corrected chi connectivity index (χ3v) is 5.54. The maximum absolute atomic E-state index is 11.7. The summed E-state index contributed by atoms with van der Waals surface area (Å²) >= 11 is 1.81. The van der Waals surface area contributed by atoms with Gasteiger partial charge in [-0.2, -0.15) is 0 Å². The first-order chi connectivity index (χ1) is 10.7. The lowest BCUT2D eigenvalue weighted by Gasteiger charge is -2.26. The molecule has 0 radical (unpaired) electrons. The van der Waals surface area contributed by atoms with Crippen molar-refractivity contribution in [1.82, 2.24) is 15.6 Å². The van der Waals surface area contributed by atoms with Crippen LogP contribution < -0.4 is 10.6 Å². The van der Waals surface area contributed by atoms with Crippen LogP contribution in [0.5, 0.6) is 0 Å². The van der Waals surface area contributed by atoms with Gasteiger partial charge in [0.05, 0.1) is 17.3 Å². The summed E-state index contributed by atoms with van der Waals surface area (Å²) in [6.45, 7) is 5.14. The maximum atomic E-state index is 11.7. The Labute approximate surface area is 135 Å². The van der Waals surface area contributed by atoms with E-state index in [1.807, 2.05) is 18.3 Å². The van der Waals surface area contributed by atoms with Gasteiger partial charge in [0.1, 0.15) is 0 Å². The number of amides is 1. The largest absolute Gasteiger partial charge is 0.450 e. The highest BCUT2D eigenvalue weighted by molar-refractivity contribution is 7.11. The summed E-state index contributed by atoms with van der Waals surface area (Å²) in [5.74, 6) is 0.600. The molecule has 1 fully saturated rings. The van der Waals surface area contributed by atoms with Crippen LogP contribution in [0.1, 0.15) is 54.2 Å². The van der Waals surface area contributed by atoms with E-state index in [2.05, 4.69) is 22.5 Å². The molecule has 1 amide bonds. The molecule has 2 N–H and O–H groups in total. The lowest BCUT2D eigenvalue weighted by Crippen LogP contribution is -2.44. The van der Waals surface area contributed by atoms with Gasteiger partial charge in [0.2, 0.25) is 0 Å². The van der Waals surface area contributed by atoms with Crippen LogP contribution in [0.25, 0.3) is 0 Å². The number of ether oxygens (including phenoxy) is 1. The monoisotopic (exact) mass is 323 g/mol. The number of hydrogen-bond acceptors (Lipinski definition) is 5. The molecular formula is C16H25N3O2S. The van der Waals surface area contributed by atoms with E-state index in [-0.39, 0.29) is 12.1 Å². The number of rotatable bonds is 6. The van der Waals surface area contributed by atoms with Crippen LogP contribution in [-0.4, -0.2) is 30.3 Å². The van der Waals surface area contributed by atoms with Crippen LogP contribution >= 0.6 is 11.3 Å². The minimum atomic E-state index is -0.292. The molecule has 2 atom stereocenters. The minimum Gasteiger partial charge on any atom is -0.450 e. The predicted molar refractivity (Wildman–Crippen MR) is 87.2 cm³/mol. The lowest BCUT2D eigenvalue weighted by molar-refractivity contribution is 0.146. The summed E-state index contributed by atoms with van der Waals surface area (Å²) in [5.41, 5.74) is 1.27. The molecule has 22 heavy (non-hydrogen) atoms. The predicted octanol–water partition coefficient (Wildman–Crippen LogP) is 2.94. The molecule has 0 aromatic carbocycles. The average Bonchev–Trinajstić information content (AvgIpc) is 3.25. The SMILES string of the molecule is CCOC(=O)NC(CNC1CCCc2nc(C)sc21)C1CC1. The third-order valence-electron chi connectivity index (χ3n) is 4.41. The Bertz CT molecular complexity index is 527. The van der Waals surface area contributed by atoms with Crippen molar-refractivity contribution in [3.8, 4) is 0 Å². The van der Waals surface area contributed by atoms with Gasteiger partial charge in [-0.3, -0.25) is 0 Å². The molecule has 1 aromatic rings. The molecule has 0 spiro atoms. The van der Waals surface area contributed by atoms with Gasteiger partial charge in [-0.15, -0.1) is 11.3 Å². The highest BCUT2D eigenvalue weighted by Crippen LogP contribution is 2.35. The van der Waals surface area contributed by atoms with E-state index in [0.29, 0.717) is 18.6 Å². The fraction of sp³-hybridized carbons (Fsp3) is 0.750. The van der Waals surface area contributed by atoms with Gasteiger partial charge in [-0.05, 0) is 51.9 Å². The van der Waals surface area contributed by atoms with E-state index in [4.69, 9.17) is 4.74 Å². The summed E-state index contributed by atoms with van der Waals surface area (Å²) in [6.07, 6.45) is 5.56. The lowest BCUT2D eigenvalue weighted by atomic mass is 9.97. The molecule has 1 saturated carbocycles. The standard InChI is InChI=1S/C16H25N3O2S/c1-3-21-16(20)19-14(11-7-8-11)9-17-12-5-4-6-13-15(12)22-10(2)18-13/h11-12,14,17H,3-9H2,1-2H3,(H,19,20). The number of nitrogens with zero attached hydrogens (tertiary/aromatic N) is 1. The third kappa shape index (κ3) is 3.79. The summed E-state index contributed by atoms with van der Waals surface area (Å²) in [6, 6.07) is 0.568. The van der Waals surface area contributed by atoms with Crippen LogP contribution in [0.15, 0.2) is 0 Å². The van der Waals surface area contributed by atoms with Gasteiger partial charge in [-0.1, -0.05) is 0 Å². The number of nitrogens with one attached hydrogen (secondary N) is 2. The van der Waals surface area contributed by atoms with Crippen molar-refractivity contribution in [2.75, 3.05) is 13.2 Å². The fourth-order valence-corrected chi connectivity index (χ4v) is 4.25. The molecule has 1 aromatic heterocycles. The molecule has 1 heterocycles. The van der Waals surface area contributed by atoms with Crippen molar-refractivity contribution in [3.05, 3.63) is 15.6 Å². The van der Waals surface area contributed by atoms with Crippen LogP contribution in [0.3, 0.4) is 0 Å². The smallest absolute Gasteiger partial charge is 0.407 e. The molecular weight excluding hydrogens is 298 g/mol. The highest BCUT2D eigenvalue weighted by atomic mass is 32.1. The Hall–Kier alpha value is -1.14. The first-order valence-corrected chi connectivity index (χ1v) is 9.12. The van der Waals surface area contributed by atoms with Gasteiger partial charge < -0.3 is 15.4 Å². The van der Waals surface area contributed by atoms with Gasteiger partial charge >= 0.3 is 6.09 Å². The molecule has 0 bridgehead atoms. The molecule has 2 unspecified atom stereocenters. The van der Waals surface area contributed by atoms with Crippen LogP contribution in [0, 0.1) is 12.8 Å². The number of thiazole rings is 1. The zero-order valence-corrected chi connectivity index (χ0v) is 14.2. The summed E-state index contributed by atoms with van der Waals surface area (Å²) in [4.78, 5) is 17.7. The zero-order valence-electron chi connectivity index (χ0n) is 13.4. The van der Waals surface area contributed by atoms with E-state index in [9.17, 15) is 4.79 Å². The number of alkyl carbamates (subject to hydrolysis) is 1. The minimum absolute atomic E-state index is 0.179. The Morgan fingerprint density at radius 1 is 1.45 bits per heavy atom. The summed E-state index contributed by atoms with van der Waals surface area (Å²) in [5, 5.41) is 7.83. The highest BCUT2D eigenvalue weighted by Gasteiger charge is 2.33. The first kappa shape index (κ1) is 15.7. The summed E-state index contributed by atoms with van der Waals surface area (Å²) < 4.78 is 5.02. The van der Waals surface area contributed by atoms with Crippen LogP contribution in [-0.2, 0) is 11.2 Å². The Balaban J connectivity index is 1.57. The molecule has 122 valence electrons. The van der Waals surface area contributed by atoms with Crippen molar-refractivity contribution in [3.63, 3.8) is 0 Å². The normalized spacial score (nSPS) is 22.0. The maximum Gasteiger partial charge on any atom is 0.407 e. The zero-order chi connectivity index (χ0) is 15.5. The van der Waals surface area contributed by atoms with Crippen molar-refractivity contribution in [1.29, 1.82) is 0 Å². The Morgan fingerprint density at radius 3 is 3.00 bits per heavy atom. The van der Waals surface area contributed by atoms with Gasteiger partial charge in [-0.25, -0.2) is 9.78 Å². The van der Waals surface area contributed by atoms with E-state index >= 15 is 0 Å². The second-order valence-corrected chi connectivity index (χ2v) is 7.44. The van der Waals surface area contributed by atoms with E-state index in [1.165, 1.54) is 29.8 Å². The van der Waals surface area contributed by atoms with Crippen molar-refractivity contribution >= 4 is 17.4 Å². The van der Waals surface area contributed by atoms with Gasteiger partial charge in [0.25, 0.3) is 0 Å². The Morgan fingerprint density at radius 2 is 2.27 bits per heavy atom. The van der Waals surface area contributed by atoms with E-state index in [1.54, 1.807) is 0 Å². The number of hydrogen-bond donors (Lipinski definition) is 2. The molecule has 0 saturated heterocycles. The number of aryl methyl sites for hydroxylation is 2. The summed E-state index contributed by atoms with van der Waals surface area (Å²) in [7, 11) is 0. The van der Waals surface area contributed by atoms with E-state index < -0.39 is 0 Å². The molecule has 2 aliphatic rings. The van der Waals surface area contributed by atoms with E-state index in [0.717, 1.165) is 24.4 Å². The van der Waals surface area contributed by atoms with Gasteiger partial charge in [0, 0.05) is 23.5 Å². The number of aromatic nitrogens is 1. The number of carbonyl (C=O) groups is 1. The van der Waals surface area contributed by atoms with Crippen LogP contribution in [0.2, 0.25) is 0 Å². The van der Waals surface area contributed by atoms with Crippen LogP contribution in [0.4, 0.5) is 4.79 Å². The number of carbonyl (C=O) groups excluding carboxylic acids is 1. The topological polar surface area (TPSA) is 63.2 Å². The fourth-order valence-electron chi connectivity index (χ4n) is 3.16. The van der Waals surface area contributed by atoms with Crippen molar-refractivity contribution in [2.45, 2.75) is 58.0 Å². The molecule has 6 heteroatoms. The molecule has 5 nitrogen and oxygen atoms in total. The average molecular weight is 323 g/mol. The van der Waals surface area contributed by atoms with Gasteiger partial charge in [0.15, 0.2) is 0 Å². The molecule has 3 rings (SSSR count). The quantitative estimate of drug-likeness (QED) is 0.845. The second kappa shape index (κ2) is 6.96. The van der Waals surface area contributed by atoms with Crippen molar-refractivity contribution < 1.29 is 9.53 Å².